The molecule has 0 atom stereocenters. The highest BCUT2D eigenvalue weighted by Gasteiger charge is 2.27. The second-order valence-electron chi connectivity index (χ2n) is 7.56. The normalized spacial score (nSPS) is 14.8. The van der Waals surface area contributed by atoms with E-state index in [-0.39, 0.29) is 5.91 Å². The van der Waals surface area contributed by atoms with E-state index in [9.17, 15) is 4.79 Å². The number of likely N-dealkylation sites (tertiary alicyclic amines) is 1. The van der Waals surface area contributed by atoms with Crippen LogP contribution in [0.25, 0.3) is 5.69 Å². The van der Waals surface area contributed by atoms with Crippen molar-refractivity contribution in [3.8, 4) is 11.4 Å². The molecule has 2 aromatic carbocycles. The van der Waals surface area contributed by atoms with E-state index in [0.717, 1.165) is 49.5 Å². The molecular weight excluding hydrogens is 364 g/mol. The van der Waals surface area contributed by atoms with Crippen molar-refractivity contribution in [3.05, 3.63) is 71.5 Å². The van der Waals surface area contributed by atoms with Crippen molar-refractivity contribution in [1.29, 1.82) is 0 Å². The molecule has 0 unspecified atom stereocenters. The van der Waals surface area contributed by atoms with Crippen LogP contribution in [0, 0.1) is 12.8 Å². The van der Waals surface area contributed by atoms with Gasteiger partial charge in [0.25, 0.3) is 5.91 Å². The molecular formula is C23H26N4O2. The summed E-state index contributed by atoms with van der Waals surface area (Å²) in [7, 11) is 1.63. The quantitative estimate of drug-likeness (QED) is 0.667. The van der Waals surface area contributed by atoms with Crippen LogP contribution in [-0.4, -0.2) is 46.0 Å². The Bertz CT molecular complexity index is 976. The van der Waals surface area contributed by atoms with E-state index in [4.69, 9.17) is 4.74 Å². The largest absolute Gasteiger partial charge is 0.497 e. The third-order valence-corrected chi connectivity index (χ3v) is 5.66. The molecule has 0 bridgehead atoms. The van der Waals surface area contributed by atoms with E-state index in [0.29, 0.717) is 11.6 Å². The molecule has 3 aromatic rings. The molecule has 0 spiro atoms. The summed E-state index contributed by atoms with van der Waals surface area (Å²) in [6.07, 6.45) is 3.11. The molecule has 150 valence electrons. The molecule has 1 aliphatic rings. The Labute approximate surface area is 171 Å². The van der Waals surface area contributed by atoms with Gasteiger partial charge < -0.3 is 9.64 Å². The lowest BCUT2D eigenvalue weighted by Gasteiger charge is -2.31. The van der Waals surface area contributed by atoms with E-state index in [1.165, 1.54) is 5.56 Å². The molecule has 0 radical (unpaired) electrons. The molecule has 6 nitrogen and oxygen atoms in total. The number of aromatic nitrogens is 3. The topological polar surface area (TPSA) is 60.2 Å². The van der Waals surface area contributed by atoms with Crippen molar-refractivity contribution >= 4 is 5.91 Å². The minimum atomic E-state index is -0.0326. The van der Waals surface area contributed by atoms with Crippen LogP contribution in [0.5, 0.6) is 5.75 Å². The highest BCUT2D eigenvalue weighted by molar-refractivity contribution is 5.93. The Kier molecular flexibility index (Phi) is 5.60. The molecule has 0 saturated carbocycles. The van der Waals surface area contributed by atoms with Crippen LogP contribution in [0.15, 0.2) is 54.6 Å². The summed E-state index contributed by atoms with van der Waals surface area (Å²) < 4.78 is 6.97. The molecule has 0 N–H and O–H groups in total. The smallest absolute Gasteiger partial charge is 0.276 e. The molecule has 6 heteroatoms. The summed E-state index contributed by atoms with van der Waals surface area (Å²) in [5.74, 6) is 1.33. The van der Waals surface area contributed by atoms with E-state index in [1.807, 2.05) is 42.2 Å². The summed E-state index contributed by atoms with van der Waals surface area (Å²) >= 11 is 0. The highest BCUT2D eigenvalue weighted by Crippen LogP contribution is 2.24. The third-order valence-electron chi connectivity index (χ3n) is 5.66. The number of ether oxygens (including phenoxy) is 1. The molecule has 2 heterocycles. The number of nitrogens with zero attached hydrogens (tertiary/aromatic N) is 4. The van der Waals surface area contributed by atoms with Gasteiger partial charge in [0.2, 0.25) is 0 Å². The zero-order valence-corrected chi connectivity index (χ0v) is 16.9. The van der Waals surface area contributed by atoms with Gasteiger partial charge in [0.15, 0.2) is 5.69 Å². The maximum atomic E-state index is 13.0. The predicted octanol–water partition coefficient (Wildman–Crippen LogP) is 3.68. The Balaban J connectivity index is 1.42. The van der Waals surface area contributed by atoms with Crippen LogP contribution in [0.2, 0.25) is 0 Å². The number of benzene rings is 2. The maximum Gasteiger partial charge on any atom is 0.276 e. The summed E-state index contributed by atoms with van der Waals surface area (Å²) in [4.78, 5) is 14.9. The first-order chi connectivity index (χ1) is 14.2. The second-order valence-corrected chi connectivity index (χ2v) is 7.56. The van der Waals surface area contributed by atoms with Crippen molar-refractivity contribution in [1.82, 2.24) is 19.9 Å². The Morgan fingerprint density at radius 2 is 1.86 bits per heavy atom. The summed E-state index contributed by atoms with van der Waals surface area (Å²) in [5.41, 5.74) is 3.37. The lowest BCUT2D eigenvalue weighted by atomic mass is 9.90. The fourth-order valence-corrected chi connectivity index (χ4v) is 3.95. The number of amides is 1. The molecule has 1 amide bonds. The zero-order valence-electron chi connectivity index (χ0n) is 16.9. The number of methoxy groups -OCH3 is 1. The van der Waals surface area contributed by atoms with Crippen LogP contribution < -0.4 is 4.74 Å². The van der Waals surface area contributed by atoms with Crippen molar-refractivity contribution in [2.45, 2.75) is 26.2 Å². The second kappa shape index (κ2) is 8.47. The maximum absolute atomic E-state index is 13.0. The standard InChI is InChI=1S/C23H26N4O2/c1-17-22(24-25-27(17)20-9-6-10-21(16-20)29-2)23(28)26-13-11-19(12-14-26)15-18-7-4-3-5-8-18/h3-10,16,19H,11-15H2,1-2H3. The van der Waals surface area contributed by atoms with Gasteiger partial charge in [-0.1, -0.05) is 41.6 Å². The van der Waals surface area contributed by atoms with Crippen molar-refractivity contribution in [2.75, 3.05) is 20.2 Å². The predicted molar refractivity (Wildman–Crippen MR) is 111 cm³/mol. The Hall–Kier alpha value is -3.15. The third kappa shape index (κ3) is 4.16. The van der Waals surface area contributed by atoms with Gasteiger partial charge in [-0.3, -0.25) is 4.79 Å². The molecule has 1 fully saturated rings. The van der Waals surface area contributed by atoms with Gasteiger partial charge in [0.1, 0.15) is 5.75 Å². The summed E-state index contributed by atoms with van der Waals surface area (Å²) in [5, 5.41) is 8.40. The number of hydrogen-bond donors (Lipinski definition) is 0. The van der Waals surface area contributed by atoms with Crippen molar-refractivity contribution in [3.63, 3.8) is 0 Å². The molecule has 0 aliphatic carbocycles. The summed E-state index contributed by atoms with van der Waals surface area (Å²) in [6.45, 7) is 3.42. The average Bonchev–Trinajstić information content (AvgIpc) is 3.16. The van der Waals surface area contributed by atoms with Crippen LogP contribution >= 0.6 is 0 Å². The minimum absolute atomic E-state index is 0.0326. The minimum Gasteiger partial charge on any atom is -0.497 e. The lowest BCUT2D eigenvalue weighted by Crippen LogP contribution is -2.39. The Morgan fingerprint density at radius 3 is 2.59 bits per heavy atom. The van der Waals surface area contributed by atoms with E-state index >= 15 is 0 Å². The first kappa shape index (κ1) is 19.2. The van der Waals surface area contributed by atoms with E-state index in [2.05, 4.69) is 34.6 Å². The lowest BCUT2D eigenvalue weighted by molar-refractivity contribution is 0.0683. The number of piperidine rings is 1. The van der Waals surface area contributed by atoms with E-state index < -0.39 is 0 Å². The van der Waals surface area contributed by atoms with Gasteiger partial charge in [-0.15, -0.1) is 5.10 Å². The average molecular weight is 390 g/mol. The van der Waals surface area contributed by atoms with Gasteiger partial charge in [-0.05, 0) is 49.8 Å². The summed E-state index contributed by atoms with van der Waals surface area (Å²) in [6, 6.07) is 18.2. The van der Waals surface area contributed by atoms with Crippen molar-refractivity contribution in [2.24, 2.45) is 5.92 Å². The van der Waals surface area contributed by atoms with Gasteiger partial charge >= 0.3 is 0 Å². The van der Waals surface area contributed by atoms with Crippen molar-refractivity contribution < 1.29 is 9.53 Å². The van der Waals surface area contributed by atoms with Gasteiger partial charge in [-0.2, -0.15) is 0 Å². The SMILES string of the molecule is COc1cccc(-n2nnc(C(=O)N3CCC(Cc4ccccc4)CC3)c2C)c1. The first-order valence-electron chi connectivity index (χ1n) is 10.1. The molecule has 1 saturated heterocycles. The molecule has 1 aromatic heterocycles. The van der Waals surface area contributed by atoms with Crippen LogP contribution in [0.1, 0.15) is 34.6 Å². The van der Waals surface area contributed by atoms with Crippen LogP contribution in [0.4, 0.5) is 0 Å². The van der Waals surface area contributed by atoms with Gasteiger partial charge in [0, 0.05) is 19.2 Å². The molecule has 1 aliphatic heterocycles. The monoisotopic (exact) mass is 390 g/mol. The highest BCUT2D eigenvalue weighted by atomic mass is 16.5. The zero-order chi connectivity index (χ0) is 20.2. The van der Waals surface area contributed by atoms with Crippen LogP contribution in [-0.2, 0) is 6.42 Å². The molecule has 4 rings (SSSR count). The fraction of sp³-hybridized carbons (Fsp3) is 0.348. The number of carbonyl (C=O) groups is 1. The number of hydrogen-bond acceptors (Lipinski definition) is 4. The van der Waals surface area contributed by atoms with Crippen LogP contribution in [0.3, 0.4) is 0 Å². The van der Waals surface area contributed by atoms with Gasteiger partial charge in [0.05, 0.1) is 18.5 Å². The number of rotatable bonds is 5. The Morgan fingerprint density at radius 1 is 1.10 bits per heavy atom. The molecule has 29 heavy (non-hydrogen) atoms. The van der Waals surface area contributed by atoms with E-state index in [1.54, 1.807) is 11.8 Å². The fourth-order valence-electron chi connectivity index (χ4n) is 3.95. The number of carbonyl (C=O) groups excluding carboxylic acids is 1. The van der Waals surface area contributed by atoms with Gasteiger partial charge in [-0.25, -0.2) is 4.68 Å². The first-order valence-corrected chi connectivity index (χ1v) is 10.1.